The molecule has 2 heterocycles. The second-order valence-corrected chi connectivity index (χ2v) is 8.49. The van der Waals surface area contributed by atoms with Crippen LogP contribution >= 0.6 is 11.6 Å². The van der Waals surface area contributed by atoms with Crippen LogP contribution in [0.1, 0.15) is 45.2 Å². The first-order chi connectivity index (χ1) is 14.6. The normalized spacial score (nSPS) is 16.6. The van der Waals surface area contributed by atoms with Gasteiger partial charge < -0.3 is 10.1 Å². The Bertz CT molecular complexity index is 1140. The zero-order valence-corrected chi connectivity index (χ0v) is 18.2. The van der Waals surface area contributed by atoms with Gasteiger partial charge in [0.15, 0.2) is 5.60 Å². The Balaban J connectivity index is 1.61. The lowest BCUT2D eigenvalue weighted by Gasteiger charge is -2.25. The summed E-state index contributed by atoms with van der Waals surface area (Å²) in [5.41, 5.74) is 0.322. The van der Waals surface area contributed by atoms with Gasteiger partial charge in [0.2, 0.25) is 0 Å². The number of nitrogens with zero attached hydrogens (tertiary/aromatic N) is 4. The van der Waals surface area contributed by atoms with Crippen molar-refractivity contribution in [2.45, 2.75) is 45.1 Å². The van der Waals surface area contributed by atoms with E-state index >= 15 is 0 Å². The first-order valence-electron chi connectivity index (χ1n) is 9.88. The molecule has 160 valence electrons. The van der Waals surface area contributed by atoms with Crippen molar-refractivity contribution in [2.24, 2.45) is 9.98 Å². The number of amides is 2. The van der Waals surface area contributed by atoms with Gasteiger partial charge >= 0.3 is 0 Å². The van der Waals surface area contributed by atoms with E-state index in [0.29, 0.717) is 28.2 Å². The number of rotatable bonds is 5. The van der Waals surface area contributed by atoms with Gasteiger partial charge in [0.25, 0.3) is 17.8 Å². The average Bonchev–Trinajstić information content (AvgIpc) is 3.48. The smallest absolute Gasteiger partial charge is 0.281 e. The summed E-state index contributed by atoms with van der Waals surface area (Å²) >= 11 is 5.91. The zero-order chi connectivity index (χ0) is 22.3. The fourth-order valence-electron chi connectivity index (χ4n) is 2.98. The Labute approximate surface area is 184 Å². The number of benzene rings is 1. The largest absolute Gasteiger partial charge is 0.478 e. The number of aromatic nitrogens is 2. The molecule has 0 atom stereocenters. The first kappa shape index (κ1) is 21.0. The predicted molar refractivity (Wildman–Crippen MR) is 119 cm³/mol. The fourth-order valence-corrected chi connectivity index (χ4v) is 3.11. The van der Waals surface area contributed by atoms with Crippen molar-refractivity contribution in [3.63, 3.8) is 0 Å². The SMILES string of the molecule is C=C1C(=O)N=C(n2nc(C3CC3)cc2NC(=O)C(C)(C)Oc2ccc(Cl)cc2)N=C1C. The van der Waals surface area contributed by atoms with E-state index in [4.69, 9.17) is 16.3 Å². The van der Waals surface area contributed by atoms with Crippen LogP contribution in [0.25, 0.3) is 0 Å². The molecule has 0 spiro atoms. The summed E-state index contributed by atoms with van der Waals surface area (Å²) in [6, 6.07) is 8.55. The van der Waals surface area contributed by atoms with Crippen LogP contribution in [-0.4, -0.2) is 38.9 Å². The molecular weight excluding hydrogens is 418 g/mol. The number of halogens is 1. The molecule has 0 saturated heterocycles. The van der Waals surface area contributed by atoms with Crippen molar-refractivity contribution in [1.82, 2.24) is 9.78 Å². The molecule has 1 saturated carbocycles. The number of nitrogens with one attached hydrogen (secondary N) is 1. The van der Waals surface area contributed by atoms with Crippen LogP contribution in [0.2, 0.25) is 5.02 Å². The van der Waals surface area contributed by atoms with Crippen molar-refractivity contribution in [2.75, 3.05) is 5.32 Å². The summed E-state index contributed by atoms with van der Waals surface area (Å²) < 4.78 is 7.25. The Kier molecular flexibility index (Phi) is 5.26. The number of aliphatic imine (C=N–C) groups is 2. The van der Waals surface area contributed by atoms with Crippen LogP contribution in [0.15, 0.2) is 52.5 Å². The molecule has 8 nitrogen and oxygen atoms in total. The lowest BCUT2D eigenvalue weighted by atomic mass is 10.1. The third-order valence-corrected chi connectivity index (χ3v) is 5.30. The van der Waals surface area contributed by atoms with Crippen molar-refractivity contribution >= 4 is 40.9 Å². The topological polar surface area (TPSA) is 97.9 Å². The minimum Gasteiger partial charge on any atom is -0.478 e. The monoisotopic (exact) mass is 439 g/mol. The molecule has 9 heteroatoms. The van der Waals surface area contributed by atoms with Crippen LogP contribution < -0.4 is 10.1 Å². The number of ether oxygens (including phenoxy) is 1. The minimum absolute atomic E-state index is 0.0912. The molecule has 1 aromatic heterocycles. The third kappa shape index (κ3) is 4.44. The second kappa shape index (κ2) is 7.77. The summed E-state index contributed by atoms with van der Waals surface area (Å²) in [7, 11) is 0. The van der Waals surface area contributed by atoms with E-state index in [2.05, 4.69) is 27.0 Å². The fraction of sp³-hybridized carbons (Fsp3) is 0.318. The highest BCUT2D eigenvalue weighted by Gasteiger charge is 2.34. The molecule has 1 N–H and O–H groups in total. The van der Waals surface area contributed by atoms with Gasteiger partial charge in [-0.15, -0.1) is 0 Å². The van der Waals surface area contributed by atoms with E-state index < -0.39 is 17.4 Å². The number of carbonyl (C=O) groups excluding carboxylic acids is 2. The second-order valence-electron chi connectivity index (χ2n) is 8.05. The van der Waals surface area contributed by atoms with Gasteiger partial charge in [0.1, 0.15) is 11.6 Å². The van der Waals surface area contributed by atoms with Crippen molar-refractivity contribution < 1.29 is 14.3 Å². The average molecular weight is 440 g/mol. The Morgan fingerprint density at radius 2 is 1.94 bits per heavy atom. The lowest BCUT2D eigenvalue weighted by molar-refractivity contribution is -0.128. The quantitative estimate of drug-likeness (QED) is 0.712. The van der Waals surface area contributed by atoms with Crippen LogP contribution in [0.5, 0.6) is 5.75 Å². The molecule has 0 radical (unpaired) electrons. The Morgan fingerprint density at radius 3 is 2.55 bits per heavy atom. The number of anilines is 1. The molecule has 0 bridgehead atoms. The maximum Gasteiger partial charge on any atom is 0.281 e. The van der Waals surface area contributed by atoms with Gasteiger partial charge in [0.05, 0.1) is 17.0 Å². The minimum atomic E-state index is -1.19. The molecule has 1 fully saturated rings. The van der Waals surface area contributed by atoms with Crippen LogP contribution in [-0.2, 0) is 9.59 Å². The maximum atomic E-state index is 13.1. The molecule has 2 aliphatic rings. The van der Waals surface area contributed by atoms with Gasteiger partial charge in [-0.05, 0) is 57.9 Å². The predicted octanol–water partition coefficient (Wildman–Crippen LogP) is 3.97. The van der Waals surface area contributed by atoms with E-state index in [1.165, 1.54) is 4.68 Å². The summed E-state index contributed by atoms with van der Waals surface area (Å²) in [4.78, 5) is 33.5. The number of carbonyl (C=O) groups is 2. The first-order valence-corrected chi connectivity index (χ1v) is 10.3. The van der Waals surface area contributed by atoms with E-state index in [1.807, 2.05) is 0 Å². The lowest BCUT2D eigenvalue weighted by Crippen LogP contribution is -2.43. The van der Waals surface area contributed by atoms with Gasteiger partial charge in [-0.25, -0.2) is 4.99 Å². The van der Waals surface area contributed by atoms with Crippen molar-refractivity contribution in [3.8, 4) is 5.75 Å². The van der Waals surface area contributed by atoms with Crippen LogP contribution in [0.3, 0.4) is 0 Å². The van der Waals surface area contributed by atoms with E-state index in [0.717, 1.165) is 18.5 Å². The van der Waals surface area contributed by atoms with Crippen LogP contribution in [0, 0.1) is 0 Å². The molecule has 1 aromatic carbocycles. The summed E-state index contributed by atoms with van der Waals surface area (Å²) in [6.45, 7) is 8.69. The molecular formula is C22H22ClN5O3. The highest BCUT2D eigenvalue weighted by Crippen LogP contribution is 2.40. The van der Waals surface area contributed by atoms with E-state index in [-0.39, 0.29) is 11.5 Å². The summed E-state index contributed by atoms with van der Waals surface area (Å²) in [5.74, 6) is 0.435. The van der Waals surface area contributed by atoms with Gasteiger partial charge in [-0.3, -0.25) is 9.59 Å². The Hall–Kier alpha value is -3.26. The zero-order valence-electron chi connectivity index (χ0n) is 17.5. The van der Waals surface area contributed by atoms with Gasteiger partial charge in [-0.2, -0.15) is 14.8 Å². The molecule has 31 heavy (non-hydrogen) atoms. The summed E-state index contributed by atoms with van der Waals surface area (Å²) in [5, 5.41) is 7.97. The Morgan fingerprint density at radius 1 is 1.26 bits per heavy atom. The molecule has 0 unspecified atom stereocenters. The molecule has 1 aliphatic heterocycles. The van der Waals surface area contributed by atoms with E-state index in [9.17, 15) is 9.59 Å². The van der Waals surface area contributed by atoms with Gasteiger partial charge in [-0.1, -0.05) is 18.2 Å². The van der Waals surface area contributed by atoms with Crippen LogP contribution in [0.4, 0.5) is 5.82 Å². The molecule has 4 rings (SSSR count). The summed E-state index contributed by atoms with van der Waals surface area (Å²) in [6.07, 6.45) is 2.06. The number of hydrogen-bond acceptors (Lipinski definition) is 5. The highest BCUT2D eigenvalue weighted by molar-refractivity contribution is 6.30. The van der Waals surface area contributed by atoms with Crippen molar-refractivity contribution in [1.29, 1.82) is 0 Å². The number of hydrogen-bond donors (Lipinski definition) is 1. The van der Waals surface area contributed by atoms with Crippen molar-refractivity contribution in [3.05, 3.63) is 53.2 Å². The molecule has 2 amide bonds. The highest BCUT2D eigenvalue weighted by atomic mass is 35.5. The molecule has 2 aromatic rings. The maximum absolute atomic E-state index is 13.1. The third-order valence-electron chi connectivity index (χ3n) is 5.05. The standard InChI is InChI=1S/C22H22ClN5O3/c1-12-13(2)24-21(26-19(12)29)28-18(11-17(27-28)14-5-6-14)25-20(30)22(3,4)31-16-9-7-15(23)8-10-16/h7-11,14H,1,5-6H2,2-4H3,(H,25,30). The molecule has 1 aliphatic carbocycles. The van der Waals surface area contributed by atoms with Gasteiger partial charge in [0, 0.05) is 17.0 Å². The van der Waals surface area contributed by atoms with E-state index in [1.54, 1.807) is 51.1 Å².